The SMILES string of the molecule is CC[Si](CC)(CC)c1oc([Si](CC)(CC)CC)c(C(=O)OC)c1C(=O)OC. The van der Waals surface area contributed by atoms with E-state index >= 15 is 0 Å². The Morgan fingerprint density at radius 2 is 0.926 bits per heavy atom. The second-order valence-electron chi connectivity index (χ2n) is 7.18. The molecule has 5 nitrogen and oxygen atoms in total. The largest absolute Gasteiger partial charge is 0.474 e. The van der Waals surface area contributed by atoms with E-state index in [1.165, 1.54) is 14.2 Å². The first-order valence-corrected chi connectivity index (χ1v) is 15.4. The minimum absolute atomic E-state index is 0.337. The zero-order valence-corrected chi connectivity index (χ0v) is 20.3. The van der Waals surface area contributed by atoms with Gasteiger partial charge in [0.1, 0.15) is 27.3 Å². The van der Waals surface area contributed by atoms with E-state index in [1.807, 2.05) is 0 Å². The van der Waals surface area contributed by atoms with Crippen molar-refractivity contribution in [2.75, 3.05) is 14.2 Å². The fourth-order valence-electron chi connectivity index (χ4n) is 4.24. The highest BCUT2D eigenvalue weighted by atomic mass is 28.3. The highest BCUT2D eigenvalue weighted by Gasteiger charge is 2.46. The third kappa shape index (κ3) is 3.94. The molecule has 0 bridgehead atoms. The highest BCUT2D eigenvalue weighted by Crippen LogP contribution is 2.29. The maximum atomic E-state index is 12.8. The minimum atomic E-state index is -2.06. The lowest BCUT2D eigenvalue weighted by Gasteiger charge is -2.28. The predicted molar refractivity (Wildman–Crippen MR) is 115 cm³/mol. The molecular weight excluding hydrogens is 376 g/mol. The summed E-state index contributed by atoms with van der Waals surface area (Å²) < 4.78 is 16.8. The van der Waals surface area contributed by atoms with Crippen molar-refractivity contribution in [1.82, 2.24) is 0 Å². The quantitative estimate of drug-likeness (QED) is 0.424. The molecule has 0 aliphatic heterocycles. The molecule has 1 rings (SSSR count). The number of furan rings is 1. The van der Waals surface area contributed by atoms with Crippen LogP contribution >= 0.6 is 0 Å². The summed E-state index contributed by atoms with van der Waals surface area (Å²) in [6, 6.07) is 5.73. The van der Waals surface area contributed by atoms with Gasteiger partial charge in [-0.25, -0.2) is 9.59 Å². The van der Waals surface area contributed by atoms with Crippen LogP contribution in [-0.2, 0) is 9.47 Å². The van der Waals surface area contributed by atoms with Gasteiger partial charge in [0.2, 0.25) is 0 Å². The first-order chi connectivity index (χ1) is 12.8. The number of ether oxygens (including phenoxy) is 2. The molecule has 1 heterocycles. The first-order valence-electron chi connectivity index (χ1n) is 10.2. The van der Waals surface area contributed by atoms with Crippen LogP contribution in [0.15, 0.2) is 4.42 Å². The average Bonchev–Trinajstić information content (AvgIpc) is 3.12. The van der Waals surface area contributed by atoms with Crippen molar-refractivity contribution in [2.24, 2.45) is 0 Å². The van der Waals surface area contributed by atoms with Crippen LogP contribution in [0, 0.1) is 0 Å². The van der Waals surface area contributed by atoms with Gasteiger partial charge in [0.25, 0.3) is 0 Å². The van der Waals surface area contributed by atoms with E-state index in [4.69, 9.17) is 13.9 Å². The summed E-state index contributed by atoms with van der Waals surface area (Å²) in [4.78, 5) is 25.6. The molecule has 0 unspecified atom stereocenters. The van der Waals surface area contributed by atoms with Crippen molar-refractivity contribution in [2.45, 2.75) is 77.8 Å². The minimum Gasteiger partial charge on any atom is -0.474 e. The number of methoxy groups -OCH3 is 2. The van der Waals surface area contributed by atoms with Crippen LogP contribution in [0.4, 0.5) is 0 Å². The van der Waals surface area contributed by atoms with Gasteiger partial charge in [0, 0.05) is 0 Å². The molecule has 1 aromatic rings. The summed E-state index contributed by atoms with van der Waals surface area (Å²) in [7, 11) is -1.40. The van der Waals surface area contributed by atoms with Crippen LogP contribution in [0.1, 0.15) is 62.3 Å². The molecular formula is C20H36O5Si2. The van der Waals surface area contributed by atoms with Gasteiger partial charge >= 0.3 is 11.9 Å². The van der Waals surface area contributed by atoms with Crippen molar-refractivity contribution in [3.8, 4) is 0 Å². The van der Waals surface area contributed by atoms with E-state index in [1.54, 1.807) is 0 Å². The Morgan fingerprint density at radius 3 is 1.11 bits per heavy atom. The number of esters is 2. The third-order valence-electron chi connectivity index (χ3n) is 6.71. The van der Waals surface area contributed by atoms with Gasteiger partial charge < -0.3 is 13.9 Å². The fourth-order valence-corrected chi connectivity index (χ4v) is 11.4. The van der Waals surface area contributed by atoms with Gasteiger partial charge in [-0.3, -0.25) is 0 Å². The first kappa shape index (κ1) is 23.7. The summed E-state index contributed by atoms with van der Waals surface area (Å²) in [6.45, 7) is 12.9. The second kappa shape index (κ2) is 9.73. The Labute approximate surface area is 165 Å². The van der Waals surface area contributed by atoms with Crippen molar-refractivity contribution in [3.05, 3.63) is 11.1 Å². The monoisotopic (exact) mass is 412 g/mol. The van der Waals surface area contributed by atoms with E-state index in [-0.39, 0.29) is 0 Å². The van der Waals surface area contributed by atoms with E-state index in [2.05, 4.69) is 41.5 Å². The number of carbonyl (C=O) groups excluding carboxylic acids is 2. The number of hydrogen-bond acceptors (Lipinski definition) is 5. The lowest BCUT2D eigenvalue weighted by atomic mass is 10.2. The Morgan fingerprint density at radius 1 is 0.667 bits per heavy atom. The topological polar surface area (TPSA) is 65.7 Å². The van der Waals surface area contributed by atoms with Gasteiger partial charge in [-0.1, -0.05) is 77.8 Å². The third-order valence-corrected chi connectivity index (χ3v) is 17.5. The summed E-state index contributed by atoms with van der Waals surface area (Å²) in [5.74, 6) is -0.974. The van der Waals surface area contributed by atoms with Gasteiger partial charge in [0.15, 0.2) is 0 Å². The molecule has 0 fully saturated rings. The molecule has 0 aliphatic carbocycles. The molecule has 0 amide bonds. The summed E-state index contributed by atoms with van der Waals surface area (Å²) >= 11 is 0. The Hall–Kier alpha value is -1.35. The van der Waals surface area contributed by atoms with Crippen LogP contribution in [0.2, 0.25) is 36.3 Å². The molecule has 0 saturated heterocycles. The molecule has 0 aromatic carbocycles. The van der Waals surface area contributed by atoms with E-state index in [0.717, 1.165) is 47.0 Å². The predicted octanol–water partition coefficient (Wildman–Crippen LogP) is 4.28. The van der Waals surface area contributed by atoms with Crippen LogP contribution in [-0.4, -0.2) is 42.3 Å². The maximum absolute atomic E-state index is 12.8. The van der Waals surface area contributed by atoms with Crippen molar-refractivity contribution >= 4 is 38.9 Å². The number of carbonyl (C=O) groups is 2. The van der Waals surface area contributed by atoms with E-state index in [9.17, 15) is 9.59 Å². The summed E-state index contributed by atoms with van der Waals surface area (Å²) in [5, 5.41) is 1.48. The molecule has 0 atom stereocenters. The lowest BCUT2D eigenvalue weighted by Crippen LogP contribution is -2.49. The van der Waals surface area contributed by atoms with E-state index in [0.29, 0.717) is 11.1 Å². The van der Waals surface area contributed by atoms with Gasteiger partial charge in [0.05, 0.1) is 25.0 Å². The smallest absolute Gasteiger partial charge is 0.341 e. The van der Waals surface area contributed by atoms with Crippen molar-refractivity contribution in [3.63, 3.8) is 0 Å². The van der Waals surface area contributed by atoms with Gasteiger partial charge in [-0.05, 0) is 0 Å². The molecule has 0 spiro atoms. The van der Waals surface area contributed by atoms with Crippen molar-refractivity contribution in [1.29, 1.82) is 0 Å². The van der Waals surface area contributed by atoms with Gasteiger partial charge in [-0.2, -0.15) is 0 Å². The van der Waals surface area contributed by atoms with Crippen LogP contribution < -0.4 is 10.8 Å². The summed E-state index contributed by atoms with van der Waals surface area (Å²) in [5.41, 5.74) is 0.674. The van der Waals surface area contributed by atoms with Gasteiger partial charge in [-0.15, -0.1) is 0 Å². The average molecular weight is 413 g/mol. The molecule has 154 valence electrons. The van der Waals surface area contributed by atoms with Crippen molar-refractivity contribution < 1.29 is 23.5 Å². The number of hydrogen-bond donors (Lipinski definition) is 0. The lowest BCUT2D eigenvalue weighted by molar-refractivity contribution is 0.0558. The normalized spacial score (nSPS) is 12.1. The zero-order valence-electron chi connectivity index (χ0n) is 18.3. The molecule has 0 saturated carbocycles. The zero-order chi connectivity index (χ0) is 20.8. The maximum Gasteiger partial charge on any atom is 0.341 e. The Bertz CT molecular complexity index is 587. The molecule has 0 radical (unpaired) electrons. The fraction of sp³-hybridized carbons (Fsp3) is 0.700. The van der Waals surface area contributed by atoms with E-state index < -0.39 is 28.1 Å². The molecule has 1 aromatic heterocycles. The van der Waals surface area contributed by atoms with Crippen LogP contribution in [0.3, 0.4) is 0 Å². The summed E-state index contributed by atoms with van der Waals surface area (Å²) in [6.07, 6.45) is 0. The Balaban J connectivity index is 4.07. The highest BCUT2D eigenvalue weighted by molar-refractivity contribution is 6.94. The van der Waals surface area contributed by atoms with Crippen LogP contribution in [0.5, 0.6) is 0 Å². The second-order valence-corrected chi connectivity index (χ2v) is 17.4. The van der Waals surface area contributed by atoms with Crippen LogP contribution in [0.25, 0.3) is 0 Å². The standard InChI is InChI=1S/C20H36O5Si2/c1-9-26(10-2,11-3)19-15(17(21)23-7)16(18(22)24-8)20(25-19)27(12-4,13-5)14-6/h9-14H2,1-8H3. The molecule has 27 heavy (non-hydrogen) atoms. The molecule has 0 N–H and O–H groups in total. The molecule has 7 heteroatoms. The Kier molecular flexibility index (Phi) is 8.54. The number of rotatable bonds is 10. The molecule has 0 aliphatic rings.